The first kappa shape index (κ1) is 22.3. The Bertz CT molecular complexity index is 383. The number of rotatable bonds is 6. The first-order valence-corrected chi connectivity index (χ1v) is 6.48. The fourth-order valence-corrected chi connectivity index (χ4v) is 1.49. The van der Waals surface area contributed by atoms with E-state index in [1.54, 1.807) is 12.1 Å². The molecule has 1 aromatic rings. The van der Waals surface area contributed by atoms with Gasteiger partial charge in [0, 0.05) is 6.92 Å². The quantitative estimate of drug-likeness (QED) is 0.339. The number of hydrogen-bond acceptors (Lipinski definition) is 3. The summed E-state index contributed by atoms with van der Waals surface area (Å²) in [6.45, 7) is 5.75. The van der Waals surface area contributed by atoms with Gasteiger partial charge in [-0.25, -0.2) is 4.39 Å². The Labute approximate surface area is 163 Å². The molecule has 0 fully saturated rings. The van der Waals surface area contributed by atoms with Crippen molar-refractivity contribution in [2.45, 2.75) is 40.0 Å². The van der Waals surface area contributed by atoms with Crippen LogP contribution in [0.1, 0.15) is 39.2 Å². The summed E-state index contributed by atoms with van der Waals surface area (Å²) in [6.07, 6.45) is 2.06. The molecule has 0 aromatic heterocycles. The van der Waals surface area contributed by atoms with Crippen LogP contribution >= 0.6 is 0 Å². The fourth-order valence-electron chi connectivity index (χ4n) is 1.49. The number of unbranched alkanes of at least 4 members (excludes halogenated alkanes) is 1. The third-order valence-corrected chi connectivity index (χ3v) is 2.34. The molecule has 0 aliphatic carbocycles. The van der Waals surface area contributed by atoms with Crippen LogP contribution in [-0.2, 0) is 16.0 Å². The zero-order valence-electron chi connectivity index (χ0n) is 12.9. The van der Waals surface area contributed by atoms with Crippen LogP contribution in [0.5, 0.6) is 5.75 Å². The zero-order valence-corrected chi connectivity index (χ0v) is 16.0. The van der Waals surface area contributed by atoms with Crippen molar-refractivity contribution in [2.75, 3.05) is 6.61 Å². The molecule has 0 N–H and O–H groups in total. The zero-order chi connectivity index (χ0) is 14.7. The summed E-state index contributed by atoms with van der Waals surface area (Å²) in [5.41, 5.74) is 0.592. The number of halogens is 1. The summed E-state index contributed by atoms with van der Waals surface area (Å²) in [5, 5.41) is 0. The van der Waals surface area contributed by atoms with E-state index in [9.17, 15) is 9.18 Å². The molecule has 108 valence electrons. The van der Waals surface area contributed by atoms with E-state index in [0.717, 1.165) is 6.42 Å². The van der Waals surface area contributed by atoms with Crippen LogP contribution in [-0.4, -0.2) is 12.6 Å². The number of carbonyl (C=O) groups excluding carboxylic acids is 1. The number of ether oxygens (including phenoxy) is 2. The van der Waals surface area contributed by atoms with E-state index < -0.39 is 0 Å². The molecule has 0 saturated carbocycles. The maximum Gasteiger partial charge on any atom is 1.00 e. The van der Waals surface area contributed by atoms with Crippen molar-refractivity contribution in [2.24, 2.45) is 0 Å². The van der Waals surface area contributed by atoms with Gasteiger partial charge in [0.25, 0.3) is 0 Å². The van der Waals surface area contributed by atoms with Crippen molar-refractivity contribution in [3.05, 3.63) is 36.7 Å². The molecule has 1 rings (SSSR count). The van der Waals surface area contributed by atoms with Crippen LogP contribution in [0.25, 0.3) is 0 Å². The number of benzene rings is 1. The summed E-state index contributed by atoms with van der Waals surface area (Å²) < 4.78 is 23.1. The number of hydrogen-bond donors (Lipinski definition) is 0. The summed E-state index contributed by atoms with van der Waals surface area (Å²) in [7, 11) is 3.19. The van der Waals surface area contributed by atoms with E-state index in [4.69, 9.17) is 4.74 Å². The molecule has 5 heteroatoms. The topological polar surface area (TPSA) is 35.5 Å². The third-order valence-electron chi connectivity index (χ3n) is 2.34. The van der Waals surface area contributed by atoms with Crippen LogP contribution in [0, 0.1) is 12.9 Å². The van der Waals surface area contributed by atoms with Crippen LogP contribution in [0.4, 0.5) is 4.39 Å². The molecular weight excluding hydrogens is 286 g/mol. The Morgan fingerprint density at radius 3 is 2.50 bits per heavy atom. The molecule has 0 unspecified atom stereocenters. The molecule has 0 aliphatic heterocycles. The Morgan fingerprint density at radius 1 is 1.30 bits per heavy atom. The van der Waals surface area contributed by atoms with Gasteiger partial charge in [-0.05, 0) is 30.9 Å². The monoisotopic (exact) mass is 308 g/mol. The molecule has 0 saturated heterocycles. The van der Waals surface area contributed by atoms with Gasteiger partial charge in [-0.3, -0.25) is 4.79 Å². The smallest absolute Gasteiger partial charge is 0.663 e. The van der Waals surface area contributed by atoms with Crippen molar-refractivity contribution in [1.29, 1.82) is 0 Å². The largest absolute Gasteiger partial charge is 1.00 e. The van der Waals surface area contributed by atoms with Crippen LogP contribution < -0.4 is 56.1 Å². The van der Waals surface area contributed by atoms with E-state index in [1.807, 2.05) is 13.8 Å². The average Bonchev–Trinajstić information content (AvgIpc) is 2.42. The molecule has 0 spiro atoms. The predicted molar refractivity (Wildman–Crippen MR) is 73.3 cm³/mol. The SMILES string of the molecule is CC.[CH2-]Oc1cccc(CCCCOC(C)=O)c1F.[K+]. The van der Waals surface area contributed by atoms with Gasteiger partial charge in [-0.15, -0.1) is 0 Å². The van der Waals surface area contributed by atoms with Gasteiger partial charge in [0.05, 0.1) is 6.61 Å². The molecule has 0 radical (unpaired) electrons. The second-order valence-electron chi connectivity index (χ2n) is 3.67. The third kappa shape index (κ3) is 9.08. The predicted octanol–water partition coefficient (Wildman–Crippen LogP) is 0.912. The molecule has 0 bridgehead atoms. The van der Waals surface area contributed by atoms with Crippen molar-refractivity contribution >= 4 is 5.97 Å². The van der Waals surface area contributed by atoms with E-state index in [1.165, 1.54) is 13.0 Å². The van der Waals surface area contributed by atoms with Gasteiger partial charge < -0.3 is 9.47 Å². The molecule has 20 heavy (non-hydrogen) atoms. The minimum Gasteiger partial charge on any atom is -0.663 e. The van der Waals surface area contributed by atoms with Gasteiger partial charge >= 0.3 is 57.4 Å². The standard InChI is InChI=1S/C13H16FO3.C2H6.K/c1-10(15)17-9-4-3-6-11-7-5-8-12(16-2)13(11)14;1-2;/h5,7-8H,2-4,6,9H2,1H3;1-2H3;/q-1;;+1. The Balaban J connectivity index is 0. The minimum absolute atomic E-state index is 0. The first-order chi connectivity index (χ1) is 9.15. The first-order valence-electron chi connectivity index (χ1n) is 6.48. The van der Waals surface area contributed by atoms with Gasteiger partial charge in [0.2, 0.25) is 0 Å². The van der Waals surface area contributed by atoms with Gasteiger partial charge in [-0.1, -0.05) is 26.0 Å². The second kappa shape index (κ2) is 14.0. The van der Waals surface area contributed by atoms with Crippen molar-refractivity contribution in [3.63, 3.8) is 0 Å². The molecule has 0 aliphatic rings. The van der Waals surface area contributed by atoms with Crippen LogP contribution in [0.3, 0.4) is 0 Å². The Kier molecular flexibility index (Phi) is 15.7. The minimum atomic E-state index is -0.366. The van der Waals surface area contributed by atoms with Crippen molar-refractivity contribution in [1.82, 2.24) is 0 Å². The molecule has 1 aromatic carbocycles. The van der Waals surface area contributed by atoms with E-state index in [2.05, 4.69) is 11.8 Å². The number of esters is 1. The van der Waals surface area contributed by atoms with Crippen molar-refractivity contribution < 1.29 is 70.0 Å². The summed E-state index contributed by atoms with van der Waals surface area (Å²) >= 11 is 0. The number of aryl methyl sites for hydroxylation is 1. The Morgan fingerprint density at radius 2 is 1.95 bits per heavy atom. The van der Waals surface area contributed by atoms with Crippen LogP contribution in [0.2, 0.25) is 0 Å². The molecule has 0 heterocycles. The van der Waals surface area contributed by atoms with Crippen LogP contribution in [0.15, 0.2) is 18.2 Å². The maximum atomic E-state index is 13.7. The van der Waals surface area contributed by atoms with Crippen molar-refractivity contribution in [3.8, 4) is 5.75 Å². The Hall–Kier alpha value is 0.0564. The number of carbonyl (C=O) groups is 1. The van der Waals surface area contributed by atoms with E-state index in [-0.39, 0.29) is 68.9 Å². The molecule has 0 amide bonds. The fraction of sp³-hybridized carbons (Fsp3) is 0.467. The normalized spacial score (nSPS) is 8.85. The van der Waals surface area contributed by atoms with Gasteiger partial charge in [0.1, 0.15) is 5.75 Å². The average molecular weight is 308 g/mol. The molecular formula is C15H22FKO3. The van der Waals surface area contributed by atoms with E-state index >= 15 is 0 Å². The summed E-state index contributed by atoms with van der Waals surface area (Å²) in [4.78, 5) is 10.5. The van der Waals surface area contributed by atoms with E-state index in [0.29, 0.717) is 25.0 Å². The van der Waals surface area contributed by atoms with Gasteiger partial charge in [-0.2, -0.15) is 7.11 Å². The summed E-state index contributed by atoms with van der Waals surface area (Å²) in [6, 6.07) is 4.97. The van der Waals surface area contributed by atoms with Gasteiger partial charge in [0.15, 0.2) is 5.82 Å². The molecule has 3 nitrogen and oxygen atoms in total. The second-order valence-corrected chi connectivity index (χ2v) is 3.67. The maximum absolute atomic E-state index is 13.7. The summed E-state index contributed by atoms with van der Waals surface area (Å²) in [5.74, 6) is -0.499. The molecule has 0 atom stereocenters.